The standard InChI is InChI=1S/C20H22FN3O5/c1-28-19-7-2-15(12-18(19)24(26)27)13-22-8-10-23(11-9-22)20(25)14-29-17-5-3-16(21)4-6-17/h2-7,12H,8-11,13-14H2,1H3. The Bertz CT molecular complexity index is 867. The number of carbonyl (C=O) groups is 1. The predicted molar refractivity (Wildman–Crippen MR) is 103 cm³/mol. The van der Waals surface area contributed by atoms with E-state index in [1.165, 1.54) is 37.4 Å². The third-order valence-corrected chi connectivity index (χ3v) is 4.75. The van der Waals surface area contributed by atoms with Crippen LogP contribution in [0.15, 0.2) is 42.5 Å². The lowest BCUT2D eigenvalue weighted by Crippen LogP contribution is -2.49. The maximum absolute atomic E-state index is 12.9. The highest BCUT2D eigenvalue weighted by molar-refractivity contribution is 5.77. The van der Waals surface area contributed by atoms with Gasteiger partial charge in [-0.2, -0.15) is 0 Å². The Kier molecular flexibility index (Phi) is 6.61. The second-order valence-corrected chi connectivity index (χ2v) is 6.66. The number of carbonyl (C=O) groups excluding carboxylic acids is 1. The number of amides is 1. The molecule has 2 aromatic carbocycles. The molecule has 1 amide bonds. The van der Waals surface area contributed by atoms with E-state index in [4.69, 9.17) is 9.47 Å². The van der Waals surface area contributed by atoms with E-state index in [0.29, 0.717) is 38.5 Å². The molecular formula is C20H22FN3O5. The van der Waals surface area contributed by atoms with E-state index in [1.807, 2.05) is 0 Å². The maximum atomic E-state index is 12.9. The normalized spacial score (nSPS) is 14.5. The minimum absolute atomic E-state index is 0.0586. The molecule has 3 rings (SSSR count). The molecule has 1 heterocycles. The van der Waals surface area contributed by atoms with Gasteiger partial charge in [0.15, 0.2) is 12.4 Å². The van der Waals surface area contributed by atoms with Crippen molar-refractivity contribution in [2.24, 2.45) is 0 Å². The molecule has 0 unspecified atom stereocenters. The Hall–Kier alpha value is -3.20. The quantitative estimate of drug-likeness (QED) is 0.522. The summed E-state index contributed by atoms with van der Waals surface area (Å²) >= 11 is 0. The number of ether oxygens (including phenoxy) is 2. The lowest BCUT2D eigenvalue weighted by molar-refractivity contribution is -0.385. The van der Waals surface area contributed by atoms with Crippen molar-refractivity contribution < 1.29 is 23.6 Å². The number of piperazine rings is 1. The Morgan fingerprint density at radius 1 is 1.14 bits per heavy atom. The molecule has 0 aromatic heterocycles. The van der Waals surface area contributed by atoms with Crippen LogP contribution >= 0.6 is 0 Å². The SMILES string of the molecule is COc1ccc(CN2CCN(C(=O)COc3ccc(F)cc3)CC2)cc1[N+](=O)[O-]. The maximum Gasteiger partial charge on any atom is 0.311 e. The van der Waals surface area contributed by atoms with E-state index in [1.54, 1.807) is 17.0 Å². The van der Waals surface area contributed by atoms with Gasteiger partial charge in [0, 0.05) is 38.8 Å². The third kappa shape index (κ3) is 5.41. The summed E-state index contributed by atoms with van der Waals surface area (Å²) in [5.41, 5.74) is 0.758. The highest BCUT2D eigenvalue weighted by atomic mass is 19.1. The second-order valence-electron chi connectivity index (χ2n) is 6.66. The first-order valence-corrected chi connectivity index (χ1v) is 9.16. The van der Waals surface area contributed by atoms with E-state index in [0.717, 1.165) is 5.56 Å². The number of nitrogens with zero attached hydrogens (tertiary/aromatic N) is 3. The van der Waals surface area contributed by atoms with E-state index < -0.39 is 4.92 Å². The highest BCUT2D eigenvalue weighted by Gasteiger charge is 2.22. The third-order valence-electron chi connectivity index (χ3n) is 4.75. The Morgan fingerprint density at radius 2 is 1.83 bits per heavy atom. The van der Waals surface area contributed by atoms with Crippen LogP contribution in [0.3, 0.4) is 0 Å². The van der Waals surface area contributed by atoms with Gasteiger partial charge < -0.3 is 14.4 Å². The van der Waals surface area contributed by atoms with Crippen molar-refractivity contribution in [1.29, 1.82) is 0 Å². The molecule has 1 saturated heterocycles. The minimum atomic E-state index is -0.458. The fourth-order valence-corrected chi connectivity index (χ4v) is 3.16. The van der Waals surface area contributed by atoms with Gasteiger partial charge in [0.1, 0.15) is 11.6 Å². The summed E-state index contributed by atoms with van der Waals surface area (Å²) in [5.74, 6) is 0.186. The smallest absolute Gasteiger partial charge is 0.311 e. The largest absolute Gasteiger partial charge is 0.490 e. The molecule has 9 heteroatoms. The lowest BCUT2D eigenvalue weighted by Gasteiger charge is -2.34. The van der Waals surface area contributed by atoms with Crippen molar-refractivity contribution in [3.8, 4) is 11.5 Å². The summed E-state index contributed by atoms with van der Waals surface area (Å²) in [5, 5.41) is 11.2. The summed E-state index contributed by atoms with van der Waals surface area (Å²) < 4.78 is 23.3. The van der Waals surface area contributed by atoms with E-state index >= 15 is 0 Å². The summed E-state index contributed by atoms with van der Waals surface area (Å²) in [6.07, 6.45) is 0. The number of hydrogen-bond donors (Lipinski definition) is 0. The van der Waals surface area contributed by atoms with Gasteiger partial charge in [-0.25, -0.2) is 4.39 Å². The molecule has 0 bridgehead atoms. The number of methoxy groups -OCH3 is 1. The van der Waals surface area contributed by atoms with Gasteiger partial charge in [-0.05, 0) is 35.9 Å². The fraction of sp³-hybridized carbons (Fsp3) is 0.350. The van der Waals surface area contributed by atoms with Crippen molar-refractivity contribution >= 4 is 11.6 Å². The van der Waals surface area contributed by atoms with Crippen molar-refractivity contribution in [1.82, 2.24) is 9.80 Å². The van der Waals surface area contributed by atoms with Crippen LogP contribution in [0.2, 0.25) is 0 Å². The van der Waals surface area contributed by atoms with Crippen LogP contribution in [-0.2, 0) is 11.3 Å². The van der Waals surface area contributed by atoms with Crippen LogP contribution < -0.4 is 9.47 Å². The summed E-state index contributed by atoms with van der Waals surface area (Å²) in [4.78, 5) is 26.9. The highest BCUT2D eigenvalue weighted by Crippen LogP contribution is 2.28. The molecule has 1 aliphatic rings. The van der Waals surface area contributed by atoms with Gasteiger partial charge in [-0.1, -0.05) is 6.07 Å². The van der Waals surface area contributed by atoms with Crippen molar-refractivity contribution in [2.45, 2.75) is 6.54 Å². The van der Waals surface area contributed by atoms with Gasteiger partial charge in [-0.15, -0.1) is 0 Å². The van der Waals surface area contributed by atoms with Gasteiger partial charge in [-0.3, -0.25) is 19.8 Å². The zero-order valence-corrected chi connectivity index (χ0v) is 16.0. The first-order chi connectivity index (χ1) is 14.0. The van der Waals surface area contributed by atoms with Crippen molar-refractivity contribution in [2.75, 3.05) is 39.9 Å². The van der Waals surface area contributed by atoms with E-state index in [-0.39, 0.29) is 29.8 Å². The molecule has 0 aliphatic carbocycles. The molecule has 0 N–H and O–H groups in total. The molecule has 8 nitrogen and oxygen atoms in total. The molecule has 1 aliphatic heterocycles. The summed E-state index contributed by atoms with van der Waals surface area (Å²) in [6.45, 7) is 2.85. The van der Waals surface area contributed by atoms with Crippen LogP contribution in [0, 0.1) is 15.9 Å². The number of rotatable bonds is 7. The lowest BCUT2D eigenvalue weighted by atomic mass is 10.1. The molecular weight excluding hydrogens is 381 g/mol. The fourth-order valence-electron chi connectivity index (χ4n) is 3.16. The van der Waals surface area contributed by atoms with Gasteiger partial charge in [0.05, 0.1) is 12.0 Å². The number of nitro groups is 1. The number of benzene rings is 2. The monoisotopic (exact) mass is 403 g/mol. The van der Waals surface area contributed by atoms with Gasteiger partial charge in [0.25, 0.3) is 5.91 Å². The first kappa shape index (κ1) is 20.5. The molecule has 0 radical (unpaired) electrons. The average Bonchev–Trinajstić information content (AvgIpc) is 2.73. The molecule has 154 valence electrons. The average molecular weight is 403 g/mol. The van der Waals surface area contributed by atoms with Crippen molar-refractivity contribution in [3.05, 3.63) is 64.0 Å². The molecule has 1 fully saturated rings. The Balaban J connectivity index is 1.48. The zero-order chi connectivity index (χ0) is 20.8. The second kappa shape index (κ2) is 9.33. The van der Waals surface area contributed by atoms with E-state index in [9.17, 15) is 19.3 Å². The number of hydrogen-bond acceptors (Lipinski definition) is 6. The number of nitro benzene ring substituents is 1. The first-order valence-electron chi connectivity index (χ1n) is 9.16. The Morgan fingerprint density at radius 3 is 2.45 bits per heavy atom. The predicted octanol–water partition coefficient (Wildman–Crippen LogP) is 2.47. The molecule has 0 spiro atoms. The topological polar surface area (TPSA) is 85.2 Å². The van der Waals surface area contributed by atoms with E-state index in [2.05, 4.69) is 4.90 Å². The van der Waals surface area contributed by atoms with Gasteiger partial charge in [0.2, 0.25) is 0 Å². The zero-order valence-electron chi connectivity index (χ0n) is 16.0. The van der Waals surface area contributed by atoms with Crippen molar-refractivity contribution in [3.63, 3.8) is 0 Å². The van der Waals surface area contributed by atoms with Crippen LogP contribution in [-0.4, -0.2) is 60.5 Å². The van der Waals surface area contributed by atoms with Crippen LogP contribution in [0.5, 0.6) is 11.5 Å². The summed E-state index contributed by atoms with van der Waals surface area (Å²) in [7, 11) is 1.40. The molecule has 2 aromatic rings. The van der Waals surface area contributed by atoms with Gasteiger partial charge >= 0.3 is 5.69 Å². The van der Waals surface area contributed by atoms with Crippen LogP contribution in [0.4, 0.5) is 10.1 Å². The van der Waals surface area contributed by atoms with Crippen LogP contribution in [0.25, 0.3) is 0 Å². The number of halogens is 1. The molecule has 0 atom stereocenters. The molecule has 0 saturated carbocycles. The molecule has 29 heavy (non-hydrogen) atoms. The Labute approximate surface area is 167 Å². The summed E-state index contributed by atoms with van der Waals surface area (Å²) in [6, 6.07) is 10.4. The minimum Gasteiger partial charge on any atom is -0.490 e. The van der Waals surface area contributed by atoms with Crippen LogP contribution in [0.1, 0.15) is 5.56 Å².